The normalized spacial score (nSPS) is 9.15. The van der Waals surface area contributed by atoms with Crippen LogP contribution in [0.3, 0.4) is 0 Å². The lowest BCUT2D eigenvalue weighted by Gasteiger charge is -2.04. The molecule has 0 heterocycles. The molecular weight excluding hydrogens is 162 g/mol. The van der Waals surface area contributed by atoms with Crippen LogP contribution in [0, 0.1) is 25.7 Å². The van der Waals surface area contributed by atoms with E-state index in [0.717, 1.165) is 16.7 Å². The lowest BCUT2D eigenvalue weighted by Crippen LogP contribution is -1.95. The van der Waals surface area contributed by atoms with Crippen LogP contribution in [0.5, 0.6) is 0 Å². The molecule has 0 radical (unpaired) electrons. The highest BCUT2D eigenvalue weighted by molar-refractivity contribution is 5.61. The molecule has 68 valence electrons. The van der Waals surface area contributed by atoms with E-state index in [1.807, 2.05) is 26.0 Å². The van der Waals surface area contributed by atoms with Crippen LogP contribution in [0.4, 0.5) is 5.69 Å². The van der Waals surface area contributed by atoms with E-state index in [-0.39, 0.29) is 6.61 Å². The molecule has 0 amide bonds. The topological polar surface area (TPSA) is 46.2 Å². The average Bonchev–Trinajstić information content (AvgIpc) is 2.09. The van der Waals surface area contributed by atoms with Crippen LogP contribution in [0.2, 0.25) is 0 Å². The molecule has 1 rings (SSSR count). The van der Waals surface area contributed by atoms with E-state index in [4.69, 9.17) is 10.8 Å². The fraction of sp³-hybridized carbons (Fsp3) is 0.273. The zero-order valence-corrected chi connectivity index (χ0v) is 7.89. The fourth-order valence-electron chi connectivity index (χ4n) is 1.22. The van der Waals surface area contributed by atoms with Crippen molar-refractivity contribution in [3.05, 3.63) is 28.8 Å². The first-order chi connectivity index (χ1) is 6.15. The molecule has 0 saturated carbocycles. The van der Waals surface area contributed by atoms with Crippen LogP contribution in [0.1, 0.15) is 16.7 Å². The van der Waals surface area contributed by atoms with Crippen molar-refractivity contribution in [3.63, 3.8) is 0 Å². The SMILES string of the molecule is Cc1cc(C)c(N)c(C#CCO)c1. The van der Waals surface area contributed by atoms with Crippen LogP contribution < -0.4 is 5.73 Å². The summed E-state index contributed by atoms with van der Waals surface area (Å²) < 4.78 is 0. The van der Waals surface area contributed by atoms with Gasteiger partial charge >= 0.3 is 0 Å². The summed E-state index contributed by atoms with van der Waals surface area (Å²) in [6, 6.07) is 3.93. The van der Waals surface area contributed by atoms with Crippen LogP contribution in [-0.2, 0) is 0 Å². The highest BCUT2D eigenvalue weighted by Gasteiger charge is 1.99. The quantitative estimate of drug-likeness (QED) is 0.460. The number of aliphatic hydroxyl groups is 1. The van der Waals surface area contributed by atoms with Gasteiger partial charge in [-0.3, -0.25) is 0 Å². The average molecular weight is 175 g/mol. The molecule has 0 atom stereocenters. The van der Waals surface area contributed by atoms with Crippen LogP contribution >= 0.6 is 0 Å². The van der Waals surface area contributed by atoms with Crippen molar-refractivity contribution in [3.8, 4) is 11.8 Å². The molecule has 0 aliphatic rings. The van der Waals surface area contributed by atoms with Gasteiger partial charge in [-0.2, -0.15) is 0 Å². The second-order valence-electron chi connectivity index (χ2n) is 3.00. The van der Waals surface area contributed by atoms with Gasteiger partial charge in [-0.15, -0.1) is 0 Å². The Morgan fingerprint density at radius 3 is 2.69 bits per heavy atom. The highest BCUT2D eigenvalue weighted by Crippen LogP contribution is 2.17. The predicted octanol–water partition coefficient (Wildman–Crippen LogP) is 1.23. The van der Waals surface area contributed by atoms with E-state index in [1.54, 1.807) is 0 Å². The van der Waals surface area contributed by atoms with Crippen molar-refractivity contribution < 1.29 is 5.11 Å². The van der Waals surface area contributed by atoms with E-state index in [0.29, 0.717) is 5.69 Å². The summed E-state index contributed by atoms with van der Waals surface area (Å²) in [4.78, 5) is 0. The van der Waals surface area contributed by atoms with E-state index in [1.165, 1.54) is 0 Å². The van der Waals surface area contributed by atoms with E-state index in [2.05, 4.69) is 11.8 Å². The Balaban J connectivity index is 3.20. The Labute approximate surface area is 78.4 Å². The molecule has 1 aromatic rings. The summed E-state index contributed by atoms with van der Waals surface area (Å²) in [7, 11) is 0. The molecule has 0 saturated heterocycles. The van der Waals surface area contributed by atoms with Crippen molar-refractivity contribution >= 4 is 5.69 Å². The Kier molecular flexibility index (Phi) is 2.94. The molecular formula is C11H13NO. The number of hydrogen-bond acceptors (Lipinski definition) is 2. The van der Waals surface area contributed by atoms with Crippen molar-refractivity contribution in [2.45, 2.75) is 13.8 Å². The molecule has 2 nitrogen and oxygen atoms in total. The van der Waals surface area contributed by atoms with Crippen LogP contribution in [0.15, 0.2) is 12.1 Å². The number of aryl methyl sites for hydroxylation is 2. The molecule has 13 heavy (non-hydrogen) atoms. The van der Waals surface area contributed by atoms with E-state index in [9.17, 15) is 0 Å². The first-order valence-electron chi connectivity index (χ1n) is 4.11. The molecule has 3 N–H and O–H groups in total. The van der Waals surface area contributed by atoms with Gasteiger partial charge in [-0.05, 0) is 31.0 Å². The maximum atomic E-state index is 8.54. The number of hydrogen-bond donors (Lipinski definition) is 2. The molecule has 0 unspecified atom stereocenters. The summed E-state index contributed by atoms with van der Waals surface area (Å²) in [5, 5.41) is 8.54. The molecule has 0 aliphatic carbocycles. The van der Waals surface area contributed by atoms with Crippen molar-refractivity contribution in [1.82, 2.24) is 0 Å². The number of aliphatic hydroxyl groups excluding tert-OH is 1. The third-order valence-electron chi connectivity index (χ3n) is 1.83. The molecule has 2 heteroatoms. The highest BCUT2D eigenvalue weighted by atomic mass is 16.2. The summed E-state index contributed by atoms with van der Waals surface area (Å²) in [5.74, 6) is 5.40. The van der Waals surface area contributed by atoms with Gasteiger partial charge in [0.15, 0.2) is 0 Å². The van der Waals surface area contributed by atoms with Crippen LogP contribution in [0.25, 0.3) is 0 Å². The molecule has 0 aromatic heterocycles. The Morgan fingerprint density at radius 1 is 1.38 bits per heavy atom. The van der Waals surface area contributed by atoms with Crippen molar-refractivity contribution in [2.24, 2.45) is 0 Å². The lowest BCUT2D eigenvalue weighted by atomic mass is 10.0. The van der Waals surface area contributed by atoms with Gasteiger partial charge < -0.3 is 10.8 Å². The number of anilines is 1. The fourth-order valence-corrected chi connectivity index (χ4v) is 1.22. The zero-order chi connectivity index (χ0) is 9.84. The first-order valence-corrected chi connectivity index (χ1v) is 4.11. The first kappa shape index (κ1) is 9.63. The number of nitrogen functional groups attached to an aromatic ring is 1. The van der Waals surface area contributed by atoms with E-state index < -0.39 is 0 Å². The Hall–Kier alpha value is -1.46. The summed E-state index contributed by atoms with van der Waals surface area (Å²) in [6.45, 7) is 3.81. The molecule has 0 bridgehead atoms. The maximum absolute atomic E-state index is 8.54. The number of rotatable bonds is 0. The zero-order valence-electron chi connectivity index (χ0n) is 7.89. The minimum Gasteiger partial charge on any atom is -0.398 e. The summed E-state index contributed by atoms with van der Waals surface area (Å²) in [5.41, 5.74) is 9.47. The molecule has 0 aliphatic heterocycles. The molecule has 0 fully saturated rings. The largest absolute Gasteiger partial charge is 0.398 e. The van der Waals surface area contributed by atoms with Gasteiger partial charge in [0.25, 0.3) is 0 Å². The van der Waals surface area contributed by atoms with Crippen molar-refractivity contribution in [2.75, 3.05) is 12.3 Å². The van der Waals surface area contributed by atoms with Crippen molar-refractivity contribution in [1.29, 1.82) is 0 Å². The third-order valence-corrected chi connectivity index (χ3v) is 1.83. The Morgan fingerprint density at radius 2 is 2.08 bits per heavy atom. The second-order valence-corrected chi connectivity index (χ2v) is 3.00. The Bertz CT molecular complexity index is 372. The van der Waals surface area contributed by atoms with Gasteiger partial charge in [-0.25, -0.2) is 0 Å². The summed E-state index contributed by atoms with van der Waals surface area (Å²) >= 11 is 0. The van der Waals surface area contributed by atoms with Gasteiger partial charge in [-0.1, -0.05) is 17.9 Å². The van der Waals surface area contributed by atoms with Crippen LogP contribution in [-0.4, -0.2) is 11.7 Å². The summed E-state index contributed by atoms with van der Waals surface area (Å²) in [6.07, 6.45) is 0. The van der Waals surface area contributed by atoms with Gasteiger partial charge in [0.2, 0.25) is 0 Å². The lowest BCUT2D eigenvalue weighted by molar-refractivity contribution is 0.350. The standard InChI is InChI=1S/C11H13NO/c1-8-6-9(2)11(12)10(7-8)4-3-5-13/h6-7,13H,5,12H2,1-2H3. The minimum absolute atomic E-state index is 0.133. The smallest absolute Gasteiger partial charge is 0.104 e. The molecule has 1 aromatic carbocycles. The molecule has 0 spiro atoms. The second kappa shape index (κ2) is 3.97. The van der Waals surface area contributed by atoms with Gasteiger partial charge in [0, 0.05) is 5.56 Å². The van der Waals surface area contributed by atoms with E-state index >= 15 is 0 Å². The number of nitrogens with two attached hydrogens (primary N) is 1. The predicted molar refractivity (Wildman–Crippen MR) is 54.3 cm³/mol. The van der Waals surface area contributed by atoms with Gasteiger partial charge in [0.1, 0.15) is 6.61 Å². The minimum atomic E-state index is -0.133. The monoisotopic (exact) mass is 175 g/mol. The maximum Gasteiger partial charge on any atom is 0.104 e. The third kappa shape index (κ3) is 2.24. The number of benzene rings is 1. The van der Waals surface area contributed by atoms with Gasteiger partial charge in [0.05, 0.1) is 5.69 Å².